The Bertz CT molecular complexity index is 177. The zero-order valence-corrected chi connectivity index (χ0v) is 7.68. The maximum atomic E-state index is 8.96. The van der Waals surface area contributed by atoms with Gasteiger partial charge in [-0.25, -0.2) is 0 Å². The third-order valence-electron chi connectivity index (χ3n) is 4.20. The number of hydrogen-bond donors (Lipinski definition) is 2. The quantitative estimate of drug-likeness (QED) is 0.656. The first-order valence-corrected chi connectivity index (χ1v) is 5.12. The zero-order valence-electron chi connectivity index (χ0n) is 7.68. The summed E-state index contributed by atoms with van der Waals surface area (Å²) in [6.45, 7) is 0.262. The summed E-state index contributed by atoms with van der Waals surface area (Å²) < 4.78 is 0. The molecular formula is C10H19NO. The summed E-state index contributed by atoms with van der Waals surface area (Å²) in [6, 6.07) is 0. The van der Waals surface area contributed by atoms with Gasteiger partial charge in [0.25, 0.3) is 0 Å². The van der Waals surface area contributed by atoms with Crippen LogP contribution in [0.1, 0.15) is 44.9 Å². The fraction of sp³-hybridized carbons (Fsp3) is 1.00. The van der Waals surface area contributed by atoms with Crippen LogP contribution in [0.4, 0.5) is 0 Å². The highest BCUT2D eigenvalue weighted by molar-refractivity contribution is 5.10. The molecule has 2 nitrogen and oxygen atoms in total. The van der Waals surface area contributed by atoms with Gasteiger partial charge in [0.1, 0.15) is 0 Å². The molecule has 0 aromatic rings. The molecule has 2 rings (SSSR count). The molecule has 12 heavy (non-hydrogen) atoms. The van der Waals surface area contributed by atoms with Crippen LogP contribution in [-0.4, -0.2) is 17.3 Å². The molecule has 0 aromatic carbocycles. The molecule has 2 heteroatoms. The van der Waals surface area contributed by atoms with Crippen LogP contribution in [0.25, 0.3) is 0 Å². The SMILES string of the molecule is NC1(CCO)CCCC12CCC2. The van der Waals surface area contributed by atoms with Gasteiger partial charge in [-0.05, 0) is 37.5 Å². The fourth-order valence-corrected chi connectivity index (χ4v) is 3.20. The van der Waals surface area contributed by atoms with Crippen LogP contribution >= 0.6 is 0 Å². The first-order valence-electron chi connectivity index (χ1n) is 5.12. The molecule has 1 atom stereocenters. The standard InChI is InChI=1S/C10H19NO/c11-10(7-8-12)6-2-5-9(10)3-1-4-9/h12H,1-8,11H2. The van der Waals surface area contributed by atoms with Crippen LogP contribution in [0.15, 0.2) is 0 Å². The van der Waals surface area contributed by atoms with E-state index in [2.05, 4.69) is 0 Å². The smallest absolute Gasteiger partial charge is 0.0448 e. The Kier molecular flexibility index (Phi) is 1.92. The summed E-state index contributed by atoms with van der Waals surface area (Å²) in [5.74, 6) is 0. The molecule has 2 saturated carbocycles. The Morgan fingerprint density at radius 3 is 2.17 bits per heavy atom. The van der Waals surface area contributed by atoms with Crippen molar-refractivity contribution < 1.29 is 5.11 Å². The molecule has 0 aromatic heterocycles. The van der Waals surface area contributed by atoms with Crippen molar-refractivity contribution in [2.75, 3.05) is 6.61 Å². The van der Waals surface area contributed by atoms with E-state index in [1.54, 1.807) is 0 Å². The molecule has 0 amide bonds. The summed E-state index contributed by atoms with van der Waals surface area (Å²) in [4.78, 5) is 0. The highest BCUT2D eigenvalue weighted by Crippen LogP contribution is 2.58. The second-order valence-corrected chi connectivity index (χ2v) is 4.62. The average molecular weight is 169 g/mol. The van der Waals surface area contributed by atoms with Crippen molar-refractivity contribution in [2.24, 2.45) is 11.1 Å². The molecule has 2 aliphatic rings. The van der Waals surface area contributed by atoms with Gasteiger partial charge >= 0.3 is 0 Å². The van der Waals surface area contributed by atoms with Crippen molar-refractivity contribution >= 4 is 0 Å². The molecule has 0 heterocycles. The van der Waals surface area contributed by atoms with E-state index in [4.69, 9.17) is 10.8 Å². The highest BCUT2D eigenvalue weighted by atomic mass is 16.3. The molecule has 3 N–H and O–H groups in total. The molecule has 0 saturated heterocycles. The molecule has 1 spiro atoms. The van der Waals surface area contributed by atoms with Gasteiger partial charge < -0.3 is 10.8 Å². The largest absolute Gasteiger partial charge is 0.396 e. The maximum absolute atomic E-state index is 8.96. The van der Waals surface area contributed by atoms with Gasteiger partial charge in [-0.3, -0.25) is 0 Å². The number of aliphatic hydroxyl groups is 1. The summed E-state index contributed by atoms with van der Waals surface area (Å²) in [5.41, 5.74) is 6.78. The number of aliphatic hydroxyl groups excluding tert-OH is 1. The Balaban J connectivity index is 2.11. The third kappa shape index (κ3) is 0.944. The van der Waals surface area contributed by atoms with E-state index in [0.29, 0.717) is 5.41 Å². The fourth-order valence-electron chi connectivity index (χ4n) is 3.20. The van der Waals surface area contributed by atoms with Crippen LogP contribution in [-0.2, 0) is 0 Å². The van der Waals surface area contributed by atoms with E-state index in [0.717, 1.165) is 12.8 Å². The lowest BCUT2D eigenvalue weighted by atomic mass is 9.58. The lowest BCUT2D eigenvalue weighted by Crippen LogP contribution is -2.55. The topological polar surface area (TPSA) is 46.2 Å². The molecular weight excluding hydrogens is 150 g/mol. The molecule has 1 unspecified atom stereocenters. The minimum atomic E-state index is -0.0139. The maximum Gasteiger partial charge on any atom is 0.0448 e. The van der Waals surface area contributed by atoms with Crippen molar-refractivity contribution in [1.29, 1.82) is 0 Å². The van der Waals surface area contributed by atoms with Crippen LogP contribution in [0.5, 0.6) is 0 Å². The second kappa shape index (κ2) is 2.71. The highest BCUT2D eigenvalue weighted by Gasteiger charge is 2.54. The lowest BCUT2D eigenvalue weighted by Gasteiger charge is -2.50. The second-order valence-electron chi connectivity index (χ2n) is 4.62. The summed E-state index contributed by atoms with van der Waals surface area (Å²) in [5, 5.41) is 8.96. The van der Waals surface area contributed by atoms with Gasteiger partial charge in [0, 0.05) is 12.1 Å². The van der Waals surface area contributed by atoms with Crippen LogP contribution < -0.4 is 5.73 Å². The number of nitrogens with two attached hydrogens (primary N) is 1. The Morgan fingerprint density at radius 1 is 1.08 bits per heavy atom. The minimum absolute atomic E-state index is 0.0139. The first-order chi connectivity index (χ1) is 5.72. The van der Waals surface area contributed by atoms with E-state index in [1.165, 1.54) is 32.1 Å². The molecule has 2 aliphatic carbocycles. The number of hydrogen-bond acceptors (Lipinski definition) is 2. The minimum Gasteiger partial charge on any atom is -0.396 e. The number of rotatable bonds is 2. The Morgan fingerprint density at radius 2 is 1.67 bits per heavy atom. The first kappa shape index (κ1) is 8.52. The summed E-state index contributed by atoms with van der Waals surface area (Å²) in [6.07, 6.45) is 8.50. The van der Waals surface area contributed by atoms with Crippen molar-refractivity contribution in [3.63, 3.8) is 0 Å². The van der Waals surface area contributed by atoms with E-state index in [1.807, 2.05) is 0 Å². The van der Waals surface area contributed by atoms with Crippen molar-refractivity contribution in [3.05, 3.63) is 0 Å². The van der Waals surface area contributed by atoms with Gasteiger partial charge in [0.2, 0.25) is 0 Å². The Hall–Kier alpha value is -0.0800. The predicted octanol–water partition coefficient (Wildman–Crippen LogP) is 1.42. The molecule has 0 bridgehead atoms. The van der Waals surface area contributed by atoms with E-state index in [9.17, 15) is 0 Å². The average Bonchev–Trinajstić information content (AvgIpc) is 2.26. The molecule has 0 aliphatic heterocycles. The Labute approximate surface area is 74.1 Å². The van der Waals surface area contributed by atoms with Crippen LogP contribution in [0.3, 0.4) is 0 Å². The molecule has 2 fully saturated rings. The zero-order chi connectivity index (χ0) is 8.66. The van der Waals surface area contributed by atoms with Gasteiger partial charge in [-0.15, -0.1) is 0 Å². The summed E-state index contributed by atoms with van der Waals surface area (Å²) >= 11 is 0. The van der Waals surface area contributed by atoms with E-state index >= 15 is 0 Å². The monoisotopic (exact) mass is 169 g/mol. The third-order valence-corrected chi connectivity index (χ3v) is 4.20. The molecule has 0 radical (unpaired) electrons. The van der Waals surface area contributed by atoms with Gasteiger partial charge in [-0.1, -0.05) is 12.8 Å². The van der Waals surface area contributed by atoms with Crippen molar-refractivity contribution in [3.8, 4) is 0 Å². The molecule has 70 valence electrons. The van der Waals surface area contributed by atoms with Crippen LogP contribution in [0.2, 0.25) is 0 Å². The van der Waals surface area contributed by atoms with Crippen molar-refractivity contribution in [1.82, 2.24) is 0 Å². The van der Waals surface area contributed by atoms with E-state index in [-0.39, 0.29) is 12.1 Å². The van der Waals surface area contributed by atoms with Gasteiger partial charge in [0.05, 0.1) is 0 Å². The van der Waals surface area contributed by atoms with Gasteiger partial charge in [0.15, 0.2) is 0 Å². The lowest BCUT2D eigenvalue weighted by molar-refractivity contribution is 0.0363. The summed E-state index contributed by atoms with van der Waals surface area (Å²) in [7, 11) is 0. The van der Waals surface area contributed by atoms with Crippen molar-refractivity contribution in [2.45, 2.75) is 50.5 Å². The van der Waals surface area contributed by atoms with Crippen LogP contribution in [0, 0.1) is 5.41 Å². The predicted molar refractivity (Wildman–Crippen MR) is 48.8 cm³/mol. The normalized spacial score (nSPS) is 38.5. The van der Waals surface area contributed by atoms with E-state index < -0.39 is 0 Å². The van der Waals surface area contributed by atoms with Gasteiger partial charge in [-0.2, -0.15) is 0 Å².